The second kappa shape index (κ2) is 12.0. The van der Waals surface area contributed by atoms with E-state index in [4.69, 9.17) is 4.98 Å². The van der Waals surface area contributed by atoms with E-state index in [1.165, 1.54) is 27.6 Å². The molecule has 196 valence electrons. The van der Waals surface area contributed by atoms with Gasteiger partial charge in [-0.05, 0) is 35.4 Å². The number of nitrogens with zero attached hydrogens (tertiary/aromatic N) is 2. The molecule has 0 aliphatic carbocycles. The Morgan fingerprint density at radius 3 is 2.38 bits per heavy atom. The van der Waals surface area contributed by atoms with E-state index in [0.29, 0.717) is 0 Å². The van der Waals surface area contributed by atoms with Crippen LogP contribution in [-0.4, -0.2) is 9.66 Å². The summed E-state index contributed by atoms with van der Waals surface area (Å²) < 4.78 is 2.24. The normalized spacial score (nSPS) is 12.4. The topological polar surface area (TPSA) is 29.9 Å². The summed E-state index contributed by atoms with van der Waals surface area (Å²) in [7, 11) is 0. The fourth-order valence-corrected chi connectivity index (χ4v) is 5.93. The lowest BCUT2D eigenvalue weighted by Gasteiger charge is -2.23. The standard InChI is InChI=1S/C36H31N3S/c1-2-3-4-11-21-30-24-25-34(28-16-7-5-8-17-28)39(30)38-35(29-18-9-6-10-19-29)36-37-33(26-40-36)32-23-14-20-27-15-12-13-22-31(27)32/h2-20,22-26,35,38H,21H2,1H3/b3-2-,11-4-. The maximum absolute atomic E-state index is 5.23. The zero-order valence-electron chi connectivity index (χ0n) is 22.4. The second-order valence-electron chi connectivity index (χ2n) is 9.64. The van der Waals surface area contributed by atoms with Crippen molar-refractivity contribution in [2.75, 3.05) is 5.43 Å². The summed E-state index contributed by atoms with van der Waals surface area (Å²) >= 11 is 1.70. The summed E-state index contributed by atoms with van der Waals surface area (Å²) in [6.45, 7) is 2.03. The minimum Gasteiger partial charge on any atom is -0.311 e. The van der Waals surface area contributed by atoms with Gasteiger partial charge in [-0.1, -0.05) is 127 Å². The molecule has 1 atom stereocenters. The molecule has 0 amide bonds. The van der Waals surface area contributed by atoms with Gasteiger partial charge in [-0.25, -0.2) is 4.98 Å². The molecule has 0 aliphatic rings. The largest absolute Gasteiger partial charge is 0.311 e. The molecule has 6 aromatic rings. The average molecular weight is 538 g/mol. The molecule has 1 unspecified atom stereocenters. The highest BCUT2D eigenvalue weighted by Gasteiger charge is 2.21. The number of nitrogens with one attached hydrogen (secondary N) is 1. The first-order valence-corrected chi connectivity index (χ1v) is 14.5. The van der Waals surface area contributed by atoms with Crippen molar-refractivity contribution in [3.8, 4) is 22.5 Å². The van der Waals surface area contributed by atoms with Gasteiger partial charge in [-0.2, -0.15) is 0 Å². The first-order valence-electron chi connectivity index (χ1n) is 13.6. The molecule has 0 saturated carbocycles. The van der Waals surface area contributed by atoms with Crippen molar-refractivity contribution in [1.82, 2.24) is 9.66 Å². The molecule has 0 spiro atoms. The van der Waals surface area contributed by atoms with Crippen LogP contribution in [0, 0.1) is 0 Å². The lowest BCUT2D eigenvalue weighted by Crippen LogP contribution is -2.24. The molecule has 1 N–H and O–H groups in total. The van der Waals surface area contributed by atoms with Crippen molar-refractivity contribution < 1.29 is 0 Å². The Hall–Kier alpha value is -4.67. The zero-order chi connectivity index (χ0) is 27.1. The molecule has 0 aliphatic heterocycles. The van der Waals surface area contributed by atoms with Crippen molar-refractivity contribution in [1.29, 1.82) is 0 Å². The molecule has 0 bridgehead atoms. The minimum atomic E-state index is -0.122. The summed E-state index contributed by atoms with van der Waals surface area (Å²) in [6.07, 6.45) is 9.22. The van der Waals surface area contributed by atoms with E-state index in [-0.39, 0.29) is 6.04 Å². The smallest absolute Gasteiger partial charge is 0.122 e. The minimum absolute atomic E-state index is 0.122. The summed E-state index contributed by atoms with van der Waals surface area (Å²) in [5.74, 6) is 0. The van der Waals surface area contributed by atoms with Gasteiger partial charge in [-0.3, -0.25) is 4.68 Å². The predicted molar refractivity (Wildman–Crippen MR) is 170 cm³/mol. The third-order valence-corrected chi connectivity index (χ3v) is 7.93. The molecule has 0 radical (unpaired) electrons. The van der Waals surface area contributed by atoms with E-state index in [2.05, 4.69) is 149 Å². The Kier molecular flexibility index (Phi) is 7.69. The van der Waals surface area contributed by atoms with Gasteiger partial charge in [0.2, 0.25) is 0 Å². The molecule has 4 heteroatoms. The van der Waals surface area contributed by atoms with Crippen molar-refractivity contribution in [2.24, 2.45) is 0 Å². The van der Waals surface area contributed by atoms with E-state index in [1.54, 1.807) is 11.3 Å². The number of hydrogen-bond acceptors (Lipinski definition) is 3. The summed E-state index contributed by atoms with van der Waals surface area (Å²) in [6, 6.07) is 40.4. The second-order valence-corrected chi connectivity index (χ2v) is 10.5. The Morgan fingerprint density at radius 1 is 0.800 bits per heavy atom. The fraction of sp³-hybridized carbons (Fsp3) is 0.0833. The van der Waals surface area contributed by atoms with Crippen LogP contribution in [0.4, 0.5) is 0 Å². The Morgan fingerprint density at radius 2 is 1.55 bits per heavy atom. The van der Waals surface area contributed by atoms with Crippen LogP contribution in [0.1, 0.15) is 29.2 Å². The molecule has 4 aromatic carbocycles. The van der Waals surface area contributed by atoms with E-state index in [1.807, 2.05) is 13.0 Å². The van der Waals surface area contributed by atoms with Crippen LogP contribution in [0.25, 0.3) is 33.3 Å². The molecule has 3 nitrogen and oxygen atoms in total. The molecule has 40 heavy (non-hydrogen) atoms. The summed E-state index contributed by atoms with van der Waals surface area (Å²) in [4.78, 5) is 5.23. The molecule has 2 heterocycles. The lowest BCUT2D eigenvalue weighted by molar-refractivity contribution is 0.735. The van der Waals surface area contributed by atoms with Gasteiger partial charge in [0.25, 0.3) is 0 Å². The van der Waals surface area contributed by atoms with Crippen molar-refractivity contribution >= 4 is 22.1 Å². The number of rotatable bonds is 9. The van der Waals surface area contributed by atoms with E-state index in [9.17, 15) is 0 Å². The maximum Gasteiger partial charge on any atom is 0.122 e. The maximum atomic E-state index is 5.23. The molecular formula is C36H31N3S. The molecule has 0 saturated heterocycles. The first kappa shape index (κ1) is 25.6. The number of benzene rings is 4. The third-order valence-electron chi connectivity index (χ3n) is 7.02. The highest BCUT2D eigenvalue weighted by molar-refractivity contribution is 7.10. The van der Waals surface area contributed by atoms with Crippen LogP contribution in [0.3, 0.4) is 0 Å². The highest BCUT2D eigenvalue weighted by Crippen LogP contribution is 2.34. The lowest BCUT2D eigenvalue weighted by atomic mass is 10.0. The molecular weight excluding hydrogens is 506 g/mol. The van der Waals surface area contributed by atoms with Gasteiger partial charge in [0.1, 0.15) is 11.0 Å². The summed E-state index contributed by atoms with van der Waals surface area (Å²) in [5.41, 5.74) is 10.7. The average Bonchev–Trinajstić information content (AvgIpc) is 3.66. The number of allylic oxidation sites excluding steroid dienone is 4. The van der Waals surface area contributed by atoms with Gasteiger partial charge >= 0.3 is 0 Å². The fourth-order valence-electron chi connectivity index (χ4n) is 5.04. The van der Waals surface area contributed by atoms with Gasteiger partial charge in [0.15, 0.2) is 0 Å². The third kappa shape index (κ3) is 5.40. The number of aromatic nitrogens is 2. The van der Waals surface area contributed by atoms with E-state index in [0.717, 1.165) is 28.4 Å². The van der Waals surface area contributed by atoms with Crippen LogP contribution in [-0.2, 0) is 6.42 Å². The van der Waals surface area contributed by atoms with E-state index < -0.39 is 0 Å². The number of fused-ring (bicyclic) bond motifs is 1. The quantitative estimate of drug-likeness (QED) is 0.186. The first-order chi connectivity index (χ1) is 19.8. The van der Waals surface area contributed by atoms with Crippen LogP contribution in [0.15, 0.2) is 145 Å². The summed E-state index contributed by atoms with van der Waals surface area (Å²) in [5, 5.41) is 5.65. The Labute approximate surface area is 239 Å². The van der Waals surface area contributed by atoms with Gasteiger partial charge < -0.3 is 5.43 Å². The van der Waals surface area contributed by atoms with Crippen LogP contribution >= 0.6 is 11.3 Å². The van der Waals surface area contributed by atoms with E-state index >= 15 is 0 Å². The van der Waals surface area contributed by atoms with Crippen molar-refractivity contribution in [2.45, 2.75) is 19.4 Å². The Bertz CT molecular complexity index is 1760. The van der Waals surface area contributed by atoms with Crippen LogP contribution in [0.5, 0.6) is 0 Å². The van der Waals surface area contributed by atoms with Crippen molar-refractivity contribution in [3.63, 3.8) is 0 Å². The SMILES string of the molecule is C/C=C\C=C/Cc1ccc(-c2ccccc2)n1NC(c1ccccc1)c1nc(-c2cccc3ccccc23)cs1. The number of hydrogen-bond donors (Lipinski definition) is 1. The van der Waals surface area contributed by atoms with Crippen LogP contribution < -0.4 is 5.43 Å². The molecule has 2 aromatic heterocycles. The van der Waals surface area contributed by atoms with Gasteiger partial charge in [-0.15, -0.1) is 11.3 Å². The highest BCUT2D eigenvalue weighted by atomic mass is 32.1. The molecule has 6 rings (SSSR count). The predicted octanol–water partition coefficient (Wildman–Crippen LogP) is 9.44. The van der Waals surface area contributed by atoms with Gasteiger partial charge in [0.05, 0.1) is 11.4 Å². The van der Waals surface area contributed by atoms with Crippen LogP contribution in [0.2, 0.25) is 0 Å². The van der Waals surface area contributed by atoms with Gasteiger partial charge in [0, 0.05) is 28.6 Å². The van der Waals surface area contributed by atoms with Crippen molar-refractivity contribution in [3.05, 3.63) is 161 Å². The Balaban J connectivity index is 1.43. The number of thiazole rings is 1. The monoisotopic (exact) mass is 537 g/mol. The zero-order valence-corrected chi connectivity index (χ0v) is 23.3. The molecule has 0 fully saturated rings.